The van der Waals surface area contributed by atoms with Crippen LogP contribution in [0.4, 0.5) is 0 Å². The summed E-state index contributed by atoms with van der Waals surface area (Å²) in [5.41, 5.74) is 0.705. The fraction of sp³-hybridized carbons (Fsp3) is 0.533. The predicted molar refractivity (Wildman–Crippen MR) is 80.1 cm³/mol. The highest BCUT2D eigenvalue weighted by molar-refractivity contribution is 6.32. The number of fused-ring (bicyclic) bond motifs is 1. The lowest BCUT2D eigenvalue weighted by atomic mass is 10.0. The van der Waals surface area contributed by atoms with Gasteiger partial charge < -0.3 is 14.2 Å². The minimum Gasteiger partial charge on any atom is -0.486 e. The van der Waals surface area contributed by atoms with Crippen LogP contribution in [-0.4, -0.2) is 32.3 Å². The molecule has 0 aliphatic carbocycles. The quantitative estimate of drug-likeness (QED) is 0.847. The van der Waals surface area contributed by atoms with Crippen molar-refractivity contribution in [3.8, 4) is 11.5 Å². The molecule has 1 heterocycles. The molecule has 1 aliphatic heterocycles. The van der Waals surface area contributed by atoms with E-state index in [4.69, 9.17) is 25.8 Å². The fourth-order valence-electron chi connectivity index (χ4n) is 2.12. The monoisotopic (exact) mass is 313 g/mol. The second-order valence-corrected chi connectivity index (χ2v) is 5.37. The maximum absolute atomic E-state index is 12.0. The summed E-state index contributed by atoms with van der Waals surface area (Å²) in [5.74, 6) is 0.727. The third kappa shape index (κ3) is 3.60. The van der Waals surface area contributed by atoms with E-state index < -0.39 is 6.04 Å². The molecule has 1 N–H and O–H groups in total. The van der Waals surface area contributed by atoms with Crippen LogP contribution in [0.3, 0.4) is 0 Å². The van der Waals surface area contributed by atoms with E-state index in [9.17, 15) is 4.79 Å². The van der Waals surface area contributed by atoms with Gasteiger partial charge in [-0.2, -0.15) is 0 Å². The van der Waals surface area contributed by atoms with Gasteiger partial charge >= 0.3 is 5.97 Å². The molecular weight excluding hydrogens is 294 g/mol. The number of hydrogen-bond donors (Lipinski definition) is 1. The lowest BCUT2D eigenvalue weighted by molar-refractivity contribution is -0.143. The smallest absolute Gasteiger partial charge is 0.327 e. The van der Waals surface area contributed by atoms with Gasteiger partial charge in [0.15, 0.2) is 11.5 Å². The standard InChI is InChI=1S/C15H20ClNO4/c1-4-9(2)17-13(15(18)19-3)10-7-11(16)14-12(8-10)20-5-6-21-14/h7-9,13,17H,4-6H2,1-3H3. The zero-order valence-electron chi connectivity index (χ0n) is 12.4. The summed E-state index contributed by atoms with van der Waals surface area (Å²) in [4.78, 5) is 12.0. The Morgan fingerprint density at radius 1 is 1.43 bits per heavy atom. The largest absolute Gasteiger partial charge is 0.486 e. The Labute approximate surface area is 129 Å². The highest BCUT2D eigenvalue weighted by Crippen LogP contribution is 2.39. The minimum atomic E-state index is -0.585. The van der Waals surface area contributed by atoms with E-state index in [0.717, 1.165) is 6.42 Å². The molecule has 21 heavy (non-hydrogen) atoms. The molecular formula is C15H20ClNO4. The van der Waals surface area contributed by atoms with Gasteiger partial charge in [0.1, 0.15) is 19.3 Å². The summed E-state index contributed by atoms with van der Waals surface area (Å²) in [6.45, 7) is 4.99. The van der Waals surface area contributed by atoms with Gasteiger partial charge in [-0.3, -0.25) is 5.32 Å². The van der Waals surface area contributed by atoms with Gasteiger partial charge in [0.2, 0.25) is 0 Å². The molecule has 2 atom stereocenters. The third-order valence-corrected chi connectivity index (χ3v) is 3.73. The van der Waals surface area contributed by atoms with E-state index in [1.54, 1.807) is 12.1 Å². The molecule has 0 fully saturated rings. The molecule has 0 aromatic heterocycles. The Balaban J connectivity index is 2.35. The van der Waals surface area contributed by atoms with Crippen LogP contribution in [0, 0.1) is 0 Å². The van der Waals surface area contributed by atoms with Gasteiger partial charge in [-0.1, -0.05) is 18.5 Å². The Morgan fingerprint density at radius 3 is 2.81 bits per heavy atom. The lowest BCUT2D eigenvalue weighted by Gasteiger charge is -2.24. The molecule has 2 unspecified atom stereocenters. The van der Waals surface area contributed by atoms with Crippen LogP contribution in [0.2, 0.25) is 5.02 Å². The Hall–Kier alpha value is -1.46. The summed E-state index contributed by atoms with van der Waals surface area (Å²) in [5, 5.41) is 3.67. The van der Waals surface area contributed by atoms with E-state index in [-0.39, 0.29) is 12.0 Å². The molecule has 0 bridgehead atoms. The van der Waals surface area contributed by atoms with Crippen molar-refractivity contribution in [1.82, 2.24) is 5.32 Å². The van der Waals surface area contributed by atoms with Crippen molar-refractivity contribution in [3.63, 3.8) is 0 Å². The molecule has 0 saturated heterocycles. The van der Waals surface area contributed by atoms with Crippen LogP contribution in [0.15, 0.2) is 12.1 Å². The molecule has 0 radical (unpaired) electrons. The SMILES string of the molecule is CCC(C)NC(C(=O)OC)c1cc(Cl)c2c(c1)OCCO2. The number of hydrogen-bond acceptors (Lipinski definition) is 5. The van der Waals surface area contributed by atoms with Crippen LogP contribution < -0.4 is 14.8 Å². The molecule has 1 aliphatic rings. The van der Waals surface area contributed by atoms with Crippen LogP contribution in [-0.2, 0) is 9.53 Å². The van der Waals surface area contributed by atoms with Crippen LogP contribution in [0.1, 0.15) is 31.9 Å². The summed E-state index contributed by atoms with van der Waals surface area (Å²) < 4.78 is 15.9. The molecule has 0 amide bonds. The highest BCUT2D eigenvalue weighted by Gasteiger charge is 2.26. The summed E-state index contributed by atoms with van der Waals surface area (Å²) in [6.07, 6.45) is 0.895. The third-order valence-electron chi connectivity index (χ3n) is 3.45. The molecule has 6 heteroatoms. The van der Waals surface area contributed by atoms with E-state index in [0.29, 0.717) is 35.3 Å². The maximum atomic E-state index is 12.0. The molecule has 1 aromatic rings. The fourth-order valence-corrected chi connectivity index (χ4v) is 2.39. The van der Waals surface area contributed by atoms with Gasteiger partial charge in [0.05, 0.1) is 12.1 Å². The second kappa shape index (κ2) is 7.00. The van der Waals surface area contributed by atoms with Gasteiger partial charge in [-0.15, -0.1) is 0 Å². The van der Waals surface area contributed by atoms with Crippen LogP contribution >= 0.6 is 11.6 Å². The second-order valence-electron chi connectivity index (χ2n) is 4.96. The molecule has 1 aromatic carbocycles. The number of nitrogens with one attached hydrogen (secondary N) is 1. The Morgan fingerprint density at radius 2 is 2.14 bits per heavy atom. The molecule has 0 spiro atoms. The predicted octanol–water partition coefficient (Wildman–Crippen LogP) is 2.71. The minimum absolute atomic E-state index is 0.168. The first-order chi connectivity index (χ1) is 10.1. The van der Waals surface area contributed by atoms with Crippen LogP contribution in [0.5, 0.6) is 11.5 Å². The maximum Gasteiger partial charge on any atom is 0.327 e. The first kappa shape index (κ1) is 15.9. The number of benzene rings is 1. The number of halogens is 1. The molecule has 2 rings (SSSR count). The van der Waals surface area contributed by atoms with E-state index in [1.807, 2.05) is 13.8 Å². The number of methoxy groups -OCH3 is 1. The summed E-state index contributed by atoms with van der Waals surface area (Å²) >= 11 is 6.22. The number of rotatable bonds is 5. The van der Waals surface area contributed by atoms with Crippen molar-refractivity contribution < 1.29 is 19.0 Å². The van der Waals surface area contributed by atoms with Crippen molar-refractivity contribution in [1.29, 1.82) is 0 Å². The number of carbonyl (C=O) groups excluding carboxylic acids is 1. The van der Waals surface area contributed by atoms with Crippen molar-refractivity contribution in [2.45, 2.75) is 32.4 Å². The van der Waals surface area contributed by atoms with E-state index >= 15 is 0 Å². The topological polar surface area (TPSA) is 56.8 Å². The van der Waals surface area contributed by atoms with Gasteiger partial charge in [-0.25, -0.2) is 4.79 Å². The normalized spacial score (nSPS) is 16.2. The molecule has 0 saturated carbocycles. The van der Waals surface area contributed by atoms with Crippen LogP contribution in [0.25, 0.3) is 0 Å². The Kier molecular flexibility index (Phi) is 5.31. The Bertz CT molecular complexity index is 521. The van der Waals surface area contributed by atoms with Crippen molar-refractivity contribution in [3.05, 3.63) is 22.7 Å². The zero-order valence-corrected chi connectivity index (χ0v) is 13.2. The zero-order chi connectivity index (χ0) is 15.4. The number of esters is 1. The first-order valence-corrected chi connectivity index (χ1v) is 7.37. The van der Waals surface area contributed by atoms with Gasteiger partial charge in [-0.05, 0) is 31.0 Å². The van der Waals surface area contributed by atoms with E-state index in [2.05, 4.69) is 5.32 Å². The lowest BCUT2D eigenvalue weighted by Crippen LogP contribution is -2.35. The van der Waals surface area contributed by atoms with Gasteiger partial charge in [0.25, 0.3) is 0 Å². The van der Waals surface area contributed by atoms with Gasteiger partial charge in [0, 0.05) is 6.04 Å². The summed E-state index contributed by atoms with van der Waals surface area (Å²) in [7, 11) is 1.37. The van der Waals surface area contributed by atoms with Crippen molar-refractivity contribution >= 4 is 17.6 Å². The summed E-state index contributed by atoms with van der Waals surface area (Å²) in [6, 6.07) is 3.07. The van der Waals surface area contributed by atoms with E-state index in [1.165, 1.54) is 7.11 Å². The average molecular weight is 314 g/mol. The average Bonchev–Trinajstić information content (AvgIpc) is 2.51. The number of ether oxygens (including phenoxy) is 3. The first-order valence-electron chi connectivity index (χ1n) is 6.99. The molecule has 5 nitrogen and oxygen atoms in total. The number of carbonyl (C=O) groups is 1. The highest BCUT2D eigenvalue weighted by atomic mass is 35.5. The van der Waals surface area contributed by atoms with Crippen molar-refractivity contribution in [2.24, 2.45) is 0 Å². The van der Waals surface area contributed by atoms with Crippen molar-refractivity contribution in [2.75, 3.05) is 20.3 Å². The molecule has 116 valence electrons.